The van der Waals surface area contributed by atoms with E-state index in [9.17, 15) is 28.8 Å². The SMILES string of the molecule is O.O.O=c1[nH]c(=O)[nH]c(=O)[nH]1.O=c1[nH]c(=O)[nH]c(=O)[nH]1.[K]. The minimum Gasteiger partial charge on any atom is -0.412 e. The molecule has 2 aromatic heterocycles. The van der Waals surface area contributed by atoms with E-state index in [-0.39, 0.29) is 62.3 Å². The van der Waals surface area contributed by atoms with E-state index < -0.39 is 34.1 Å². The topological polar surface area (TPSA) is 260 Å². The molecule has 0 saturated heterocycles. The molecule has 0 aromatic carbocycles. The van der Waals surface area contributed by atoms with Crippen molar-refractivity contribution in [3.8, 4) is 0 Å². The average Bonchev–Trinajstić information content (AvgIpc) is 2.12. The molecule has 0 aliphatic rings. The summed E-state index contributed by atoms with van der Waals surface area (Å²) in [6, 6.07) is 0. The number of H-pyrrole nitrogens is 6. The van der Waals surface area contributed by atoms with Gasteiger partial charge in [-0.05, 0) is 0 Å². The summed E-state index contributed by atoms with van der Waals surface area (Å²) in [6.07, 6.45) is 0. The summed E-state index contributed by atoms with van der Waals surface area (Å²) in [5, 5.41) is 0. The molecule has 0 saturated carbocycles. The monoisotopic (exact) mass is 333 g/mol. The van der Waals surface area contributed by atoms with Gasteiger partial charge in [-0.25, -0.2) is 28.8 Å². The minimum absolute atomic E-state index is 0. The number of aromatic amines is 6. The van der Waals surface area contributed by atoms with E-state index in [0.29, 0.717) is 0 Å². The molecule has 2 aromatic rings. The summed E-state index contributed by atoms with van der Waals surface area (Å²) in [7, 11) is 0. The van der Waals surface area contributed by atoms with Gasteiger partial charge in [0.25, 0.3) is 0 Å². The fraction of sp³-hybridized carbons (Fsp3) is 0. The summed E-state index contributed by atoms with van der Waals surface area (Å²) < 4.78 is 0. The molecule has 21 heavy (non-hydrogen) atoms. The van der Waals surface area contributed by atoms with Crippen LogP contribution in [0.3, 0.4) is 0 Å². The minimum atomic E-state index is -0.802. The Morgan fingerprint density at radius 2 is 0.476 bits per heavy atom. The van der Waals surface area contributed by atoms with E-state index in [1.54, 1.807) is 29.9 Å². The molecule has 0 spiro atoms. The van der Waals surface area contributed by atoms with Crippen molar-refractivity contribution in [1.29, 1.82) is 0 Å². The zero-order valence-electron chi connectivity index (χ0n) is 10.4. The molecular formula is C6H10KN6O8. The molecule has 14 nitrogen and oxygen atoms in total. The molecule has 0 atom stereocenters. The first-order valence-electron chi connectivity index (χ1n) is 4.22. The van der Waals surface area contributed by atoms with Crippen molar-refractivity contribution >= 4 is 51.4 Å². The molecule has 2 rings (SSSR count). The van der Waals surface area contributed by atoms with Crippen molar-refractivity contribution in [2.24, 2.45) is 0 Å². The molecular weight excluding hydrogens is 323 g/mol. The van der Waals surface area contributed by atoms with Gasteiger partial charge in [-0.15, -0.1) is 0 Å². The van der Waals surface area contributed by atoms with Crippen LogP contribution in [-0.2, 0) is 0 Å². The smallest absolute Gasteiger partial charge is 0.330 e. The molecule has 0 amide bonds. The molecule has 1 radical (unpaired) electrons. The maximum atomic E-state index is 10.2. The van der Waals surface area contributed by atoms with Crippen LogP contribution in [0.5, 0.6) is 0 Å². The Morgan fingerprint density at radius 3 is 0.571 bits per heavy atom. The largest absolute Gasteiger partial charge is 0.412 e. The van der Waals surface area contributed by atoms with E-state index >= 15 is 0 Å². The standard InChI is InChI=1S/2C3H3N3O3.K.2H2O/c2*7-1-4-2(8)6-3(9)5-1;;;/h2*(H3,4,5,6,7,8,9);;2*1H2. The average molecular weight is 333 g/mol. The van der Waals surface area contributed by atoms with Crippen LogP contribution in [0.1, 0.15) is 0 Å². The van der Waals surface area contributed by atoms with Crippen LogP contribution in [0.15, 0.2) is 28.8 Å². The number of nitrogens with one attached hydrogen (secondary N) is 6. The van der Waals surface area contributed by atoms with E-state index in [0.717, 1.165) is 0 Å². The first-order valence-corrected chi connectivity index (χ1v) is 4.22. The molecule has 0 unspecified atom stereocenters. The van der Waals surface area contributed by atoms with Crippen LogP contribution in [0, 0.1) is 0 Å². The quantitative estimate of drug-likeness (QED) is 0.255. The number of hydrogen-bond donors (Lipinski definition) is 6. The van der Waals surface area contributed by atoms with Gasteiger partial charge in [-0.3, -0.25) is 29.9 Å². The summed E-state index contributed by atoms with van der Waals surface area (Å²) >= 11 is 0. The predicted molar refractivity (Wildman–Crippen MR) is 69.6 cm³/mol. The van der Waals surface area contributed by atoms with Crippen LogP contribution >= 0.6 is 0 Å². The van der Waals surface area contributed by atoms with Crippen molar-refractivity contribution in [2.45, 2.75) is 0 Å². The molecule has 15 heteroatoms. The van der Waals surface area contributed by atoms with Gasteiger partial charge in [-0.2, -0.15) is 0 Å². The maximum absolute atomic E-state index is 10.2. The summed E-state index contributed by atoms with van der Waals surface area (Å²) in [5.41, 5.74) is -4.81. The normalized spacial score (nSPS) is 8.00. The Hall–Kier alpha value is -1.62. The third-order valence-electron chi connectivity index (χ3n) is 1.36. The van der Waals surface area contributed by atoms with Crippen molar-refractivity contribution in [3.63, 3.8) is 0 Å². The third-order valence-corrected chi connectivity index (χ3v) is 1.36. The Kier molecular flexibility index (Phi) is 12.9. The molecule has 0 bridgehead atoms. The fourth-order valence-corrected chi connectivity index (χ4v) is 0.806. The fourth-order valence-electron chi connectivity index (χ4n) is 0.806. The Labute approximate surface area is 154 Å². The van der Waals surface area contributed by atoms with Gasteiger partial charge in [0.15, 0.2) is 0 Å². The second-order valence-electron chi connectivity index (χ2n) is 2.72. The maximum Gasteiger partial charge on any atom is 0.330 e. The molecule has 0 aliphatic heterocycles. The van der Waals surface area contributed by atoms with Gasteiger partial charge in [0, 0.05) is 51.4 Å². The van der Waals surface area contributed by atoms with Crippen molar-refractivity contribution in [2.75, 3.05) is 0 Å². The Balaban J connectivity index is -0.000000270. The summed E-state index contributed by atoms with van der Waals surface area (Å²) in [4.78, 5) is 71.8. The van der Waals surface area contributed by atoms with Crippen molar-refractivity contribution in [1.82, 2.24) is 29.9 Å². The van der Waals surface area contributed by atoms with Gasteiger partial charge in [-0.1, -0.05) is 0 Å². The molecule has 0 fully saturated rings. The Bertz CT molecular complexity index is 636. The number of rotatable bonds is 0. The molecule has 10 N–H and O–H groups in total. The first kappa shape index (κ1) is 24.4. The molecule has 0 aliphatic carbocycles. The zero-order chi connectivity index (χ0) is 13.7. The van der Waals surface area contributed by atoms with E-state index in [1.165, 1.54) is 0 Å². The van der Waals surface area contributed by atoms with E-state index in [2.05, 4.69) is 0 Å². The van der Waals surface area contributed by atoms with E-state index in [4.69, 9.17) is 0 Å². The first-order chi connectivity index (χ1) is 8.36. The third kappa shape index (κ3) is 9.84. The van der Waals surface area contributed by atoms with Gasteiger partial charge < -0.3 is 11.0 Å². The predicted octanol–water partition coefficient (Wildman–Crippen LogP) is -6.53. The van der Waals surface area contributed by atoms with Crippen LogP contribution in [0.4, 0.5) is 0 Å². The second kappa shape index (κ2) is 11.1. The number of aromatic nitrogens is 6. The van der Waals surface area contributed by atoms with Gasteiger partial charge in [0.2, 0.25) is 0 Å². The van der Waals surface area contributed by atoms with Crippen LogP contribution in [0.25, 0.3) is 0 Å². The molecule has 2 heterocycles. The second-order valence-corrected chi connectivity index (χ2v) is 2.72. The summed E-state index contributed by atoms with van der Waals surface area (Å²) in [6.45, 7) is 0. The van der Waals surface area contributed by atoms with Gasteiger partial charge in [0.05, 0.1) is 0 Å². The summed E-state index contributed by atoms with van der Waals surface area (Å²) in [5.74, 6) is 0. The van der Waals surface area contributed by atoms with Crippen LogP contribution < -0.4 is 34.1 Å². The Morgan fingerprint density at radius 1 is 0.381 bits per heavy atom. The molecule has 113 valence electrons. The van der Waals surface area contributed by atoms with Gasteiger partial charge >= 0.3 is 34.1 Å². The van der Waals surface area contributed by atoms with Crippen LogP contribution in [-0.4, -0.2) is 92.2 Å². The van der Waals surface area contributed by atoms with Crippen molar-refractivity contribution in [3.05, 3.63) is 62.9 Å². The van der Waals surface area contributed by atoms with Crippen molar-refractivity contribution < 1.29 is 11.0 Å². The van der Waals surface area contributed by atoms with E-state index in [1.807, 2.05) is 0 Å². The van der Waals surface area contributed by atoms with Crippen LogP contribution in [0.2, 0.25) is 0 Å². The van der Waals surface area contributed by atoms with Gasteiger partial charge in [0.1, 0.15) is 0 Å². The number of hydrogen-bond acceptors (Lipinski definition) is 6. The zero-order valence-corrected chi connectivity index (χ0v) is 13.6.